The lowest BCUT2D eigenvalue weighted by Gasteiger charge is -2.35. The molecule has 100 valence electrons. The molecule has 0 amide bonds. The molecule has 1 saturated heterocycles. The zero-order chi connectivity index (χ0) is 13.0. The van der Waals surface area contributed by atoms with Crippen molar-refractivity contribution in [3.05, 3.63) is 23.8 Å². The van der Waals surface area contributed by atoms with Gasteiger partial charge in [-0.25, -0.2) is 0 Å². The normalized spacial score (nSPS) is 19.9. The molecule has 0 aliphatic carbocycles. The van der Waals surface area contributed by atoms with E-state index in [9.17, 15) is 0 Å². The lowest BCUT2D eigenvalue weighted by atomic mass is 10.0. The average molecular weight is 250 g/mol. The summed E-state index contributed by atoms with van der Waals surface area (Å²) in [4.78, 5) is 2.35. The van der Waals surface area contributed by atoms with E-state index in [1.165, 1.54) is 5.69 Å². The van der Waals surface area contributed by atoms with E-state index in [0.717, 1.165) is 37.2 Å². The summed E-state index contributed by atoms with van der Waals surface area (Å²) in [5, 5.41) is 0. The van der Waals surface area contributed by atoms with Gasteiger partial charge in [0.1, 0.15) is 5.75 Å². The van der Waals surface area contributed by atoms with E-state index >= 15 is 0 Å². The largest absolute Gasteiger partial charge is 0.497 e. The molecule has 1 atom stereocenters. The molecule has 0 bridgehead atoms. The Kier molecular flexibility index (Phi) is 4.44. The number of piperidine rings is 1. The predicted molar refractivity (Wildman–Crippen MR) is 73.1 cm³/mol. The van der Waals surface area contributed by atoms with Crippen LogP contribution in [-0.4, -0.2) is 33.4 Å². The maximum absolute atomic E-state index is 5.82. The van der Waals surface area contributed by atoms with E-state index in [2.05, 4.69) is 11.0 Å². The highest BCUT2D eigenvalue weighted by atomic mass is 16.5. The summed E-state index contributed by atoms with van der Waals surface area (Å²) in [5.74, 6) is 0.877. The summed E-state index contributed by atoms with van der Waals surface area (Å²) < 4.78 is 10.8. The number of hydrogen-bond donors (Lipinski definition) is 1. The molecule has 2 rings (SSSR count). The minimum Gasteiger partial charge on any atom is -0.497 e. The second-order valence-corrected chi connectivity index (χ2v) is 4.64. The van der Waals surface area contributed by atoms with Crippen molar-refractivity contribution in [2.24, 2.45) is 5.73 Å². The van der Waals surface area contributed by atoms with Gasteiger partial charge in [-0.2, -0.15) is 0 Å². The maximum atomic E-state index is 5.82. The molecule has 0 saturated carbocycles. The number of nitrogens with two attached hydrogens (primary N) is 1. The van der Waals surface area contributed by atoms with Crippen molar-refractivity contribution in [2.75, 3.05) is 32.2 Å². The van der Waals surface area contributed by atoms with Crippen molar-refractivity contribution >= 4 is 5.69 Å². The average Bonchev–Trinajstić information content (AvgIpc) is 2.46. The molecule has 0 radical (unpaired) electrons. The molecular formula is C14H22N2O2. The quantitative estimate of drug-likeness (QED) is 0.884. The molecule has 0 aromatic heterocycles. The van der Waals surface area contributed by atoms with Crippen molar-refractivity contribution in [2.45, 2.75) is 25.5 Å². The highest BCUT2D eigenvalue weighted by molar-refractivity contribution is 5.57. The van der Waals surface area contributed by atoms with E-state index in [1.54, 1.807) is 14.2 Å². The minimum absolute atomic E-state index is 0.315. The Bertz CT molecular complexity index is 395. The summed E-state index contributed by atoms with van der Waals surface area (Å²) in [6.07, 6.45) is 2.60. The number of nitrogens with zero attached hydrogens (tertiary/aromatic N) is 1. The molecule has 1 aromatic carbocycles. The Morgan fingerprint density at radius 3 is 2.89 bits per heavy atom. The van der Waals surface area contributed by atoms with Crippen LogP contribution in [0.5, 0.6) is 5.75 Å². The first kappa shape index (κ1) is 13.2. The third-order valence-corrected chi connectivity index (χ3v) is 3.56. The number of hydrogen-bond acceptors (Lipinski definition) is 4. The molecule has 2 N–H and O–H groups in total. The first-order valence-corrected chi connectivity index (χ1v) is 6.43. The molecule has 0 spiro atoms. The van der Waals surface area contributed by atoms with Gasteiger partial charge >= 0.3 is 0 Å². The van der Waals surface area contributed by atoms with Gasteiger partial charge in [-0.1, -0.05) is 6.07 Å². The molecular weight excluding hydrogens is 228 g/mol. The van der Waals surface area contributed by atoms with Crippen molar-refractivity contribution in [1.29, 1.82) is 0 Å². The van der Waals surface area contributed by atoms with Gasteiger partial charge in [0.25, 0.3) is 0 Å². The van der Waals surface area contributed by atoms with E-state index < -0.39 is 0 Å². The van der Waals surface area contributed by atoms with E-state index in [4.69, 9.17) is 15.2 Å². The summed E-state index contributed by atoms with van der Waals surface area (Å²) in [6, 6.07) is 6.08. The zero-order valence-corrected chi connectivity index (χ0v) is 11.2. The van der Waals surface area contributed by atoms with Crippen LogP contribution in [0.1, 0.15) is 18.4 Å². The topological polar surface area (TPSA) is 47.7 Å². The second kappa shape index (κ2) is 6.07. The fourth-order valence-electron chi connectivity index (χ4n) is 2.49. The van der Waals surface area contributed by atoms with Crippen molar-refractivity contribution in [3.8, 4) is 5.75 Å². The zero-order valence-electron chi connectivity index (χ0n) is 11.2. The fraction of sp³-hybridized carbons (Fsp3) is 0.571. The summed E-state index contributed by atoms with van der Waals surface area (Å²) in [6.45, 7) is 2.53. The third-order valence-electron chi connectivity index (χ3n) is 3.56. The Morgan fingerprint density at radius 1 is 1.39 bits per heavy atom. The molecule has 1 aromatic rings. The van der Waals surface area contributed by atoms with Gasteiger partial charge in [-0.15, -0.1) is 0 Å². The smallest absolute Gasteiger partial charge is 0.120 e. The van der Waals surface area contributed by atoms with Gasteiger partial charge in [-0.05, 0) is 24.5 Å². The third kappa shape index (κ3) is 2.76. The summed E-state index contributed by atoms with van der Waals surface area (Å²) in [7, 11) is 3.47. The van der Waals surface area contributed by atoms with E-state index in [0.29, 0.717) is 12.6 Å². The van der Waals surface area contributed by atoms with Gasteiger partial charge in [0.2, 0.25) is 0 Å². The van der Waals surface area contributed by atoms with Crippen LogP contribution in [0.2, 0.25) is 0 Å². The van der Waals surface area contributed by atoms with Crippen molar-refractivity contribution in [3.63, 3.8) is 0 Å². The Hall–Kier alpha value is -1.26. The lowest BCUT2D eigenvalue weighted by Crippen LogP contribution is -2.39. The van der Waals surface area contributed by atoms with E-state index in [1.807, 2.05) is 12.1 Å². The van der Waals surface area contributed by atoms with Crippen LogP contribution in [0, 0.1) is 0 Å². The van der Waals surface area contributed by atoms with Crippen LogP contribution in [0.4, 0.5) is 5.69 Å². The second-order valence-electron chi connectivity index (χ2n) is 4.64. The van der Waals surface area contributed by atoms with Crippen LogP contribution >= 0.6 is 0 Å². The van der Waals surface area contributed by atoms with Crippen molar-refractivity contribution < 1.29 is 9.47 Å². The molecule has 1 aliphatic rings. The van der Waals surface area contributed by atoms with E-state index in [-0.39, 0.29) is 0 Å². The minimum atomic E-state index is 0.315. The summed E-state index contributed by atoms with van der Waals surface area (Å²) >= 11 is 0. The van der Waals surface area contributed by atoms with Crippen molar-refractivity contribution in [1.82, 2.24) is 0 Å². The molecule has 1 heterocycles. The van der Waals surface area contributed by atoms with Gasteiger partial charge in [-0.3, -0.25) is 0 Å². The highest BCUT2D eigenvalue weighted by Gasteiger charge is 2.21. The highest BCUT2D eigenvalue weighted by Crippen LogP contribution is 2.28. The van der Waals surface area contributed by atoms with Crippen LogP contribution in [0.15, 0.2) is 18.2 Å². The molecule has 1 fully saturated rings. The molecule has 18 heavy (non-hydrogen) atoms. The van der Waals surface area contributed by atoms with Crippen LogP contribution in [0.25, 0.3) is 0 Å². The SMILES string of the molecule is COc1ccc(CN)c(N2CCCC(OC)C2)c1. The number of ether oxygens (including phenoxy) is 2. The Balaban J connectivity index is 2.24. The number of rotatable bonds is 4. The monoisotopic (exact) mass is 250 g/mol. The summed E-state index contributed by atoms with van der Waals surface area (Å²) in [5.41, 5.74) is 8.16. The number of anilines is 1. The number of benzene rings is 1. The van der Waals surface area contributed by atoms with Gasteiger partial charge in [0.15, 0.2) is 0 Å². The fourth-order valence-corrected chi connectivity index (χ4v) is 2.49. The van der Waals surface area contributed by atoms with Gasteiger partial charge in [0, 0.05) is 38.5 Å². The van der Waals surface area contributed by atoms with Gasteiger partial charge in [0.05, 0.1) is 13.2 Å². The first-order chi connectivity index (χ1) is 8.78. The van der Waals surface area contributed by atoms with Crippen LogP contribution in [-0.2, 0) is 11.3 Å². The van der Waals surface area contributed by atoms with Crippen LogP contribution in [0.3, 0.4) is 0 Å². The number of methoxy groups -OCH3 is 2. The van der Waals surface area contributed by atoms with Gasteiger partial charge < -0.3 is 20.1 Å². The molecule has 1 aliphatic heterocycles. The first-order valence-electron chi connectivity index (χ1n) is 6.43. The standard InChI is InChI=1S/C14H22N2O2/c1-17-12-6-5-11(9-15)14(8-12)16-7-3-4-13(10-16)18-2/h5-6,8,13H,3-4,7,9-10,15H2,1-2H3. The molecule has 1 unspecified atom stereocenters. The molecule has 4 heteroatoms. The Labute approximate surface area is 109 Å². The Morgan fingerprint density at radius 2 is 2.22 bits per heavy atom. The maximum Gasteiger partial charge on any atom is 0.120 e. The molecule has 4 nitrogen and oxygen atoms in total. The van der Waals surface area contributed by atoms with Crippen LogP contribution < -0.4 is 15.4 Å². The predicted octanol–water partition coefficient (Wildman–Crippen LogP) is 1.77. The lowest BCUT2D eigenvalue weighted by molar-refractivity contribution is 0.0893.